The molecule has 0 spiro atoms. The molecular weight excluding hydrogens is 495 g/mol. The number of amides is 1. The van der Waals surface area contributed by atoms with Gasteiger partial charge in [-0.15, -0.1) is 35.3 Å². The number of anilines is 1. The number of guanidine groups is 1. The van der Waals surface area contributed by atoms with Crippen LogP contribution in [0, 0.1) is 5.92 Å². The zero-order valence-corrected chi connectivity index (χ0v) is 20.1. The maximum absolute atomic E-state index is 12.5. The molecule has 0 bridgehead atoms. The summed E-state index contributed by atoms with van der Waals surface area (Å²) in [6.07, 6.45) is 5.61. The molecule has 1 aliphatic carbocycles. The fraction of sp³-hybridized carbons (Fsp3) is 0.455. The number of hydrogen-bond donors (Lipinski definition) is 3. The van der Waals surface area contributed by atoms with Crippen LogP contribution in [0.2, 0.25) is 0 Å². The predicted octanol–water partition coefficient (Wildman–Crippen LogP) is 5.14. The van der Waals surface area contributed by atoms with E-state index >= 15 is 0 Å². The highest BCUT2D eigenvalue weighted by Gasteiger charge is 2.20. The van der Waals surface area contributed by atoms with Gasteiger partial charge in [-0.05, 0) is 48.9 Å². The second-order valence-corrected chi connectivity index (χ2v) is 8.18. The Morgan fingerprint density at radius 3 is 2.69 bits per heavy atom. The van der Waals surface area contributed by atoms with Crippen molar-refractivity contribution in [1.82, 2.24) is 10.6 Å². The van der Waals surface area contributed by atoms with Crippen molar-refractivity contribution in [2.24, 2.45) is 10.9 Å². The lowest BCUT2D eigenvalue weighted by molar-refractivity contribution is -0.120. The largest absolute Gasteiger partial charge is 0.357 e. The zero-order chi connectivity index (χ0) is 19.6. The van der Waals surface area contributed by atoms with Crippen LogP contribution >= 0.6 is 35.3 Å². The standard InChI is InChI=1S/C22H30N4OS.HI/c1-2-23-22(25-16-20-12-7-13-28-20)24-15-17-8-6-11-19(14-17)26-21(27)18-9-4-3-5-10-18;/h6-8,11-14,18H,2-5,9-10,15-16H2,1H3,(H,26,27)(H2,23,24,25);1H. The number of carbonyl (C=O) groups excluding carboxylic acids is 1. The summed E-state index contributed by atoms with van der Waals surface area (Å²) in [4.78, 5) is 18.4. The van der Waals surface area contributed by atoms with Gasteiger partial charge in [0, 0.05) is 23.0 Å². The fourth-order valence-electron chi connectivity index (χ4n) is 3.45. The van der Waals surface area contributed by atoms with Crippen LogP contribution in [-0.2, 0) is 17.9 Å². The summed E-state index contributed by atoms with van der Waals surface area (Å²) in [7, 11) is 0. The quantitative estimate of drug-likeness (QED) is 0.266. The molecule has 2 aromatic rings. The number of hydrogen-bond acceptors (Lipinski definition) is 3. The summed E-state index contributed by atoms with van der Waals surface area (Å²) < 4.78 is 0. The zero-order valence-electron chi connectivity index (χ0n) is 16.9. The van der Waals surface area contributed by atoms with E-state index in [1.165, 1.54) is 24.1 Å². The molecule has 0 atom stereocenters. The second-order valence-electron chi connectivity index (χ2n) is 7.15. The lowest BCUT2D eigenvalue weighted by Gasteiger charge is -2.20. The van der Waals surface area contributed by atoms with Crippen LogP contribution in [0.15, 0.2) is 46.8 Å². The number of nitrogens with zero attached hydrogens (tertiary/aromatic N) is 1. The number of halogens is 1. The van der Waals surface area contributed by atoms with Crippen LogP contribution in [0.1, 0.15) is 49.5 Å². The van der Waals surface area contributed by atoms with E-state index in [0.29, 0.717) is 6.54 Å². The number of benzene rings is 1. The summed E-state index contributed by atoms with van der Waals surface area (Å²) in [5.74, 6) is 1.12. The molecule has 158 valence electrons. The smallest absolute Gasteiger partial charge is 0.227 e. The van der Waals surface area contributed by atoms with E-state index in [1.54, 1.807) is 11.3 Å². The van der Waals surface area contributed by atoms with E-state index in [1.807, 2.05) is 24.3 Å². The van der Waals surface area contributed by atoms with Gasteiger partial charge in [0.05, 0.1) is 13.1 Å². The molecule has 5 nitrogen and oxygen atoms in total. The van der Waals surface area contributed by atoms with Crippen LogP contribution < -0.4 is 16.0 Å². The number of aliphatic imine (C=N–C) groups is 1. The molecule has 1 aromatic heterocycles. The summed E-state index contributed by atoms with van der Waals surface area (Å²) in [5.41, 5.74) is 1.94. The van der Waals surface area contributed by atoms with Crippen molar-refractivity contribution in [3.63, 3.8) is 0 Å². The van der Waals surface area contributed by atoms with E-state index in [2.05, 4.69) is 45.4 Å². The van der Waals surface area contributed by atoms with Gasteiger partial charge in [0.2, 0.25) is 5.91 Å². The predicted molar refractivity (Wildman–Crippen MR) is 133 cm³/mol. The van der Waals surface area contributed by atoms with Crippen molar-refractivity contribution in [3.8, 4) is 0 Å². The summed E-state index contributed by atoms with van der Waals surface area (Å²) in [6, 6.07) is 12.2. The number of thiophene rings is 1. The highest BCUT2D eigenvalue weighted by molar-refractivity contribution is 14.0. The van der Waals surface area contributed by atoms with Gasteiger partial charge in [-0.1, -0.05) is 37.5 Å². The Labute approximate surface area is 194 Å². The maximum atomic E-state index is 12.5. The molecule has 0 saturated heterocycles. The third-order valence-electron chi connectivity index (χ3n) is 4.94. The van der Waals surface area contributed by atoms with Crippen molar-refractivity contribution in [1.29, 1.82) is 0 Å². The van der Waals surface area contributed by atoms with Crippen LogP contribution in [0.25, 0.3) is 0 Å². The Morgan fingerprint density at radius 1 is 1.14 bits per heavy atom. The van der Waals surface area contributed by atoms with Gasteiger partial charge in [0.15, 0.2) is 5.96 Å². The van der Waals surface area contributed by atoms with Gasteiger partial charge in [-0.25, -0.2) is 4.99 Å². The Hall–Kier alpha value is -1.61. The number of nitrogens with one attached hydrogen (secondary N) is 3. The molecular formula is C22H31IN4OS. The van der Waals surface area contributed by atoms with E-state index in [9.17, 15) is 4.79 Å². The minimum atomic E-state index is 0. The van der Waals surface area contributed by atoms with E-state index < -0.39 is 0 Å². The Morgan fingerprint density at radius 2 is 1.97 bits per heavy atom. The van der Waals surface area contributed by atoms with Gasteiger partial charge < -0.3 is 16.0 Å². The summed E-state index contributed by atoms with van der Waals surface area (Å²) in [5, 5.41) is 11.8. The van der Waals surface area contributed by atoms with E-state index in [0.717, 1.165) is 43.1 Å². The minimum absolute atomic E-state index is 0. The third kappa shape index (κ3) is 7.97. The maximum Gasteiger partial charge on any atom is 0.227 e. The van der Waals surface area contributed by atoms with Gasteiger partial charge in [0.25, 0.3) is 0 Å². The highest BCUT2D eigenvalue weighted by Crippen LogP contribution is 2.25. The first-order valence-corrected chi connectivity index (χ1v) is 11.1. The molecule has 7 heteroatoms. The highest BCUT2D eigenvalue weighted by atomic mass is 127. The normalized spacial score (nSPS) is 14.7. The molecule has 0 unspecified atom stereocenters. The average Bonchev–Trinajstić information content (AvgIpc) is 3.25. The van der Waals surface area contributed by atoms with Gasteiger partial charge in [0.1, 0.15) is 0 Å². The topological polar surface area (TPSA) is 65.5 Å². The fourth-order valence-corrected chi connectivity index (χ4v) is 4.10. The molecule has 0 aliphatic heterocycles. The van der Waals surface area contributed by atoms with Crippen LogP contribution in [0.4, 0.5) is 5.69 Å². The van der Waals surface area contributed by atoms with Gasteiger partial charge in [-0.2, -0.15) is 0 Å². The Balaban J connectivity index is 0.00000300. The molecule has 1 amide bonds. The summed E-state index contributed by atoms with van der Waals surface area (Å²) in [6.45, 7) is 4.20. The Kier molecular flexibility index (Phi) is 10.5. The molecule has 1 aromatic carbocycles. The molecule has 3 N–H and O–H groups in total. The average molecular weight is 526 g/mol. The lowest BCUT2D eigenvalue weighted by Crippen LogP contribution is -2.36. The number of carbonyl (C=O) groups is 1. The Bertz CT molecular complexity index is 773. The molecule has 0 radical (unpaired) electrons. The molecule has 3 rings (SSSR count). The van der Waals surface area contributed by atoms with E-state index in [4.69, 9.17) is 0 Å². The molecule has 1 fully saturated rings. The monoisotopic (exact) mass is 526 g/mol. The first kappa shape index (κ1) is 23.7. The van der Waals surface area contributed by atoms with Crippen molar-refractivity contribution >= 4 is 52.9 Å². The van der Waals surface area contributed by atoms with Crippen molar-refractivity contribution in [3.05, 3.63) is 52.2 Å². The van der Waals surface area contributed by atoms with E-state index in [-0.39, 0.29) is 35.8 Å². The first-order chi connectivity index (χ1) is 13.7. The van der Waals surface area contributed by atoms with Gasteiger partial charge >= 0.3 is 0 Å². The van der Waals surface area contributed by atoms with Crippen molar-refractivity contribution in [2.75, 3.05) is 11.9 Å². The number of rotatable bonds is 7. The second kappa shape index (κ2) is 12.8. The molecule has 29 heavy (non-hydrogen) atoms. The first-order valence-electron chi connectivity index (χ1n) is 10.2. The molecule has 1 aliphatic rings. The SMILES string of the molecule is CCNC(=NCc1cccc(NC(=O)C2CCCCC2)c1)NCc1cccs1.I. The summed E-state index contributed by atoms with van der Waals surface area (Å²) >= 11 is 1.73. The minimum Gasteiger partial charge on any atom is -0.357 e. The van der Waals surface area contributed by atoms with Crippen LogP contribution in [-0.4, -0.2) is 18.4 Å². The third-order valence-corrected chi connectivity index (χ3v) is 5.82. The van der Waals surface area contributed by atoms with Crippen molar-refractivity contribution in [2.45, 2.75) is 52.1 Å². The molecule has 1 heterocycles. The van der Waals surface area contributed by atoms with Gasteiger partial charge in [-0.3, -0.25) is 4.79 Å². The van der Waals surface area contributed by atoms with Crippen LogP contribution in [0.3, 0.4) is 0 Å². The molecule has 1 saturated carbocycles. The van der Waals surface area contributed by atoms with Crippen molar-refractivity contribution < 1.29 is 4.79 Å². The lowest BCUT2D eigenvalue weighted by atomic mass is 9.88. The van der Waals surface area contributed by atoms with Crippen LogP contribution in [0.5, 0.6) is 0 Å².